The number of nitrogens with one attached hydrogen (secondary N) is 2. The first-order valence-corrected chi connectivity index (χ1v) is 8.02. The van der Waals surface area contributed by atoms with Gasteiger partial charge in [0.05, 0.1) is 6.04 Å². The van der Waals surface area contributed by atoms with E-state index in [0.717, 1.165) is 0 Å². The van der Waals surface area contributed by atoms with Crippen LogP contribution in [-0.4, -0.2) is 40.1 Å². The molecule has 7 nitrogen and oxygen atoms in total. The van der Waals surface area contributed by atoms with Crippen LogP contribution in [0.5, 0.6) is 0 Å². The number of carbonyl (C=O) groups excluding carboxylic acids is 2. The Bertz CT molecular complexity index is 764. The van der Waals surface area contributed by atoms with Crippen molar-refractivity contribution < 1.29 is 24.6 Å². The molecule has 0 unspecified atom stereocenters. The number of carboxylic acids is 1. The summed E-state index contributed by atoms with van der Waals surface area (Å²) >= 11 is 0. The molecule has 0 aliphatic rings. The van der Waals surface area contributed by atoms with Gasteiger partial charge in [0.2, 0.25) is 0 Å². The van der Waals surface area contributed by atoms with Crippen molar-refractivity contribution in [2.45, 2.75) is 25.1 Å². The molecule has 2 aromatic rings. The maximum Gasteiger partial charge on any atom is 0.325 e. The summed E-state index contributed by atoms with van der Waals surface area (Å²) in [4.78, 5) is 35.5. The van der Waals surface area contributed by atoms with E-state index >= 15 is 0 Å². The van der Waals surface area contributed by atoms with E-state index in [1.54, 1.807) is 60.7 Å². The van der Waals surface area contributed by atoms with Crippen LogP contribution in [-0.2, 0) is 9.59 Å². The van der Waals surface area contributed by atoms with E-state index in [9.17, 15) is 19.5 Å². The highest BCUT2D eigenvalue weighted by molar-refractivity contribution is 5.95. The number of carboxylic acid groups (broad SMARTS) is 1. The standard InChI is InChI=1S/C19H20N2O5/c1-12(19(25)26)20-18(24)16(22)15(13-8-4-2-5-9-13)21-17(23)14-10-6-3-7-11-14/h2-12,15-16,22H,1H3,(H,20,24)(H,21,23)(H,25,26)/t12-,15+,16-/m1/s1. The molecule has 0 radical (unpaired) electrons. The van der Waals surface area contributed by atoms with Gasteiger partial charge in [-0.15, -0.1) is 0 Å². The minimum absolute atomic E-state index is 0.375. The largest absolute Gasteiger partial charge is 0.480 e. The minimum atomic E-state index is -1.66. The van der Waals surface area contributed by atoms with Crippen LogP contribution in [0.4, 0.5) is 0 Å². The summed E-state index contributed by atoms with van der Waals surface area (Å²) in [5, 5.41) is 24.2. The first-order chi connectivity index (χ1) is 12.4. The summed E-state index contributed by atoms with van der Waals surface area (Å²) in [5.74, 6) is -2.57. The zero-order valence-electron chi connectivity index (χ0n) is 14.1. The van der Waals surface area contributed by atoms with E-state index in [4.69, 9.17) is 5.11 Å². The Morgan fingerprint density at radius 2 is 1.42 bits per heavy atom. The van der Waals surface area contributed by atoms with Gasteiger partial charge in [0.15, 0.2) is 6.10 Å². The summed E-state index contributed by atoms with van der Waals surface area (Å²) in [7, 11) is 0. The third-order valence-corrected chi connectivity index (χ3v) is 3.79. The van der Waals surface area contributed by atoms with Crippen LogP contribution in [0.2, 0.25) is 0 Å². The zero-order chi connectivity index (χ0) is 19.1. The quantitative estimate of drug-likeness (QED) is 0.593. The lowest BCUT2D eigenvalue weighted by molar-refractivity contribution is -0.143. The number of benzene rings is 2. The predicted molar refractivity (Wildman–Crippen MR) is 94.3 cm³/mol. The Morgan fingerprint density at radius 3 is 1.96 bits per heavy atom. The van der Waals surface area contributed by atoms with Crippen LogP contribution in [0.1, 0.15) is 28.9 Å². The number of hydrogen-bond donors (Lipinski definition) is 4. The second-order valence-electron chi connectivity index (χ2n) is 5.74. The third-order valence-electron chi connectivity index (χ3n) is 3.79. The molecule has 0 bridgehead atoms. The molecule has 26 heavy (non-hydrogen) atoms. The maximum atomic E-state index is 12.4. The van der Waals surface area contributed by atoms with Crippen molar-refractivity contribution in [2.75, 3.05) is 0 Å². The van der Waals surface area contributed by atoms with Crippen LogP contribution < -0.4 is 10.6 Å². The summed E-state index contributed by atoms with van der Waals surface area (Å²) in [6.45, 7) is 1.28. The highest BCUT2D eigenvalue weighted by Gasteiger charge is 2.30. The molecule has 0 fully saturated rings. The maximum absolute atomic E-state index is 12.4. The average molecular weight is 356 g/mol. The Balaban J connectivity index is 2.22. The molecule has 0 aliphatic heterocycles. The van der Waals surface area contributed by atoms with Gasteiger partial charge in [-0.05, 0) is 24.6 Å². The normalized spacial score (nSPS) is 13.9. The number of aliphatic carboxylic acids is 1. The van der Waals surface area contributed by atoms with Crippen molar-refractivity contribution in [1.82, 2.24) is 10.6 Å². The smallest absolute Gasteiger partial charge is 0.325 e. The van der Waals surface area contributed by atoms with Crippen molar-refractivity contribution in [3.8, 4) is 0 Å². The summed E-state index contributed by atoms with van der Waals surface area (Å²) in [6.07, 6.45) is -1.66. The molecule has 0 aliphatic carbocycles. The predicted octanol–water partition coefficient (Wildman–Crippen LogP) is 1.11. The lowest BCUT2D eigenvalue weighted by Crippen LogP contribution is -2.49. The number of aliphatic hydroxyl groups is 1. The van der Waals surface area contributed by atoms with Gasteiger partial charge in [0.1, 0.15) is 6.04 Å². The molecule has 2 rings (SSSR count). The molecule has 2 amide bonds. The number of rotatable bonds is 7. The third kappa shape index (κ3) is 4.90. The van der Waals surface area contributed by atoms with E-state index < -0.39 is 36.0 Å². The van der Waals surface area contributed by atoms with Crippen LogP contribution in [0, 0.1) is 0 Å². The topological polar surface area (TPSA) is 116 Å². The van der Waals surface area contributed by atoms with Crippen molar-refractivity contribution in [3.05, 3.63) is 71.8 Å². The van der Waals surface area contributed by atoms with Gasteiger partial charge in [-0.2, -0.15) is 0 Å². The summed E-state index contributed by atoms with van der Waals surface area (Å²) in [5.41, 5.74) is 0.891. The molecule has 2 aromatic carbocycles. The molecule has 3 atom stereocenters. The number of aliphatic hydroxyl groups excluding tert-OH is 1. The van der Waals surface area contributed by atoms with Crippen molar-refractivity contribution in [3.63, 3.8) is 0 Å². The van der Waals surface area contributed by atoms with Gasteiger partial charge >= 0.3 is 5.97 Å². The van der Waals surface area contributed by atoms with Crippen molar-refractivity contribution in [1.29, 1.82) is 0 Å². The van der Waals surface area contributed by atoms with Crippen molar-refractivity contribution in [2.24, 2.45) is 0 Å². The van der Waals surface area contributed by atoms with Gasteiger partial charge in [-0.1, -0.05) is 48.5 Å². The Kier molecular flexibility index (Phi) is 6.46. The Hall–Kier alpha value is -3.19. The SMILES string of the molecule is C[C@@H](NC(=O)[C@H](O)[C@@H](NC(=O)c1ccccc1)c1ccccc1)C(=O)O. The Labute approximate surface area is 150 Å². The molecule has 0 aromatic heterocycles. The number of amides is 2. The first kappa shape index (κ1) is 19.1. The molecular weight excluding hydrogens is 336 g/mol. The van der Waals surface area contributed by atoms with Crippen LogP contribution in [0.3, 0.4) is 0 Å². The van der Waals surface area contributed by atoms with E-state index in [2.05, 4.69) is 10.6 Å². The van der Waals surface area contributed by atoms with Gasteiger partial charge in [-0.25, -0.2) is 0 Å². The molecule has 136 valence electrons. The van der Waals surface area contributed by atoms with Crippen LogP contribution >= 0.6 is 0 Å². The van der Waals surface area contributed by atoms with E-state index in [-0.39, 0.29) is 0 Å². The molecule has 7 heteroatoms. The van der Waals surface area contributed by atoms with Gasteiger partial charge in [0.25, 0.3) is 11.8 Å². The average Bonchev–Trinajstić information content (AvgIpc) is 2.66. The zero-order valence-corrected chi connectivity index (χ0v) is 14.1. The molecule has 4 N–H and O–H groups in total. The highest BCUT2D eigenvalue weighted by Crippen LogP contribution is 2.18. The molecule has 0 spiro atoms. The Morgan fingerprint density at radius 1 is 0.885 bits per heavy atom. The fourth-order valence-electron chi connectivity index (χ4n) is 2.33. The highest BCUT2D eigenvalue weighted by atomic mass is 16.4. The molecular formula is C19H20N2O5. The van der Waals surface area contributed by atoms with E-state index in [0.29, 0.717) is 11.1 Å². The molecule has 0 saturated heterocycles. The lowest BCUT2D eigenvalue weighted by Gasteiger charge is -2.25. The number of carbonyl (C=O) groups is 3. The fourth-order valence-corrected chi connectivity index (χ4v) is 2.33. The first-order valence-electron chi connectivity index (χ1n) is 8.02. The summed E-state index contributed by atoms with van der Waals surface area (Å²) in [6, 6.07) is 14.7. The van der Waals surface area contributed by atoms with Gasteiger partial charge in [-0.3, -0.25) is 14.4 Å². The van der Waals surface area contributed by atoms with E-state index in [1.807, 2.05) is 0 Å². The van der Waals surface area contributed by atoms with Crippen LogP contribution in [0.15, 0.2) is 60.7 Å². The van der Waals surface area contributed by atoms with Crippen molar-refractivity contribution >= 4 is 17.8 Å². The lowest BCUT2D eigenvalue weighted by atomic mass is 10.00. The second-order valence-corrected chi connectivity index (χ2v) is 5.74. The van der Waals surface area contributed by atoms with Gasteiger partial charge in [0, 0.05) is 5.56 Å². The minimum Gasteiger partial charge on any atom is -0.480 e. The number of hydrogen-bond acceptors (Lipinski definition) is 4. The van der Waals surface area contributed by atoms with Gasteiger partial charge < -0.3 is 20.8 Å². The molecule has 0 heterocycles. The monoisotopic (exact) mass is 356 g/mol. The summed E-state index contributed by atoms with van der Waals surface area (Å²) < 4.78 is 0. The van der Waals surface area contributed by atoms with E-state index in [1.165, 1.54) is 6.92 Å². The second kappa shape index (κ2) is 8.77. The van der Waals surface area contributed by atoms with Crippen LogP contribution in [0.25, 0.3) is 0 Å². The fraction of sp³-hybridized carbons (Fsp3) is 0.211. The molecule has 0 saturated carbocycles.